The molecule has 0 bridgehead atoms. The second-order valence-corrected chi connectivity index (χ2v) is 22.8. The third-order valence-corrected chi connectivity index (χ3v) is 18.0. The van der Waals surface area contributed by atoms with Crippen LogP contribution in [0.15, 0.2) is 71.3 Å². The number of allylic oxidation sites excluding steroid dienone is 8. The van der Waals surface area contributed by atoms with Gasteiger partial charge < -0.3 is 0 Å². The first-order valence-electron chi connectivity index (χ1n) is 18.0. The van der Waals surface area contributed by atoms with Gasteiger partial charge in [-0.1, -0.05) is 130 Å². The van der Waals surface area contributed by atoms with Gasteiger partial charge in [-0.3, -0.25) is 0 Å². The molecule has 0 aliphatic heterocycles. The molecule has 240 valence electrons. The van der Waals surface area contributed by atoms with Crippen molar-refractivity contribution in [1.82, 2.24) is 0 Å². The lowest BCUT2D eigenvalue weighted by atomic mass is 9.69. The molecular formula is C44H60Si. The van der Waals surface area contributed by atoms with E-state index in [-0.39, 0.29) is 5.41 Å². The quantitative estimate of drug-likeness (QED) is 0.300. The normalized spacial score (nSPS) is 31.8. The molecule has 1 heteroatoms. The summed E-state index contributed by atoms with van der Waals surface area (Å²) in [5.74, 6) is 4.10. The highest BCUT2D eigenvalue weighted by Crippen LogP contribution is 2.66. The highest BCUT2D eigenvalue weighted by atomic mass is 28.3. The van der Waals surface area contributed by atoms with Crippen LogP contribution in [0.4, 0.5) is 0 Å². The van der Waals surface area contributed by atoms with Gasteiger partial charge >= 0.3 is 0 Å². The van der Waals surface area contributed by atoms with Gasteiger partial charge in [0, 0.05) is 0 Å². The number of rotatable bonds is 4. The summed E-state index contributed by atoms with van der Waals surface area (Å²) in [6.45, 7) is 32.1. The van der Waals surface area contributed by atoms with Crippen LogP contribution >= 0.6 is 0 Å². The Hall–Kier alpha value is -2.38. The molecule has 45 heavy (non-hydrogen) atoms. The van der Waals surface area contributed by atoms with Gasteiger partial charge in [-0.2, -0.15) is 0 Å². The van der Waals surface area contributed by atoms with Crippen LogP contribution < -0.4 is 0 Å². The van der Waals surface area contributed by atoms with E-state index in [4.69, 9.17) is 0 Å². The lowest BCUT2D eigenvalue weighted by Crippen LogP contribution is -2.46. The van der Waals surface area contributed by atoms with E-state index in [0.29, 0.717) is 23.7 Å². The first-order valence-corrected chi connectivity index (χ1v) is 21.1. The molecule has 0 nitrogen and oxygen atoms in total. The van der Waals surface area contributed by atoms with Crippen molar-refractivity contribution in [3.05, 3.63) is 105 Å². The highest BCUT2D eigenvalue weighted by molar-refractivity contribution is 6.80. The molecule has 6 rings (SSSR count). The molecule has 0 N–H and O–H groups in total. The summed E-state index contributed by atoms with van der Waals surface area (Å²) >= 11 is 0. The Balaban J connectivity index is 1.42. The Morgan fingerprint density at radius 3 is 1.60 bits per heavy atom. The molecule has 0 saturated heterocycles. The number of fused-ring (bicyclic) bond motifs is 2. The van der Waals surface area contributed by atoms with Crippen molar-refractivity contribution in [1.29, 1.82) is 0 Å². The van der Waals surface area contributed by atoms with E-state index < -0.39 is 8.07 Å². The van der Waals surface area contributed by atoms with E-state index in [1.54, 1.807) is 22.3 Å². The van der Waals surface area contributed by atoms with Crippen LogP contribution in [0.5, 0.6) is 0 Å². The number of benzene rings is 2. The average Bonchev–Trinajstić information content (AvgIpc) is 3.41. The van der Waals surface area contributed by atoms with Crippen molar-refractivity contribution < 1.29 is 0 Å². The first kappa shape index (κ1) is 32.6. The van der Waals surface area contributed by atoms with Gasteiger partial charge in [0.25, 0.3) is 0 Å². The molecule has 4 aliphatic carbocycles. The predicted molar refractivity (Wildman–Crippen MR) is 200 cm³/mol. The van der Waals surface area contributed by atoms with Gasteiger partial charge in [0.2, 0.25) is 0 Å². The maximum absolute atomic E-state index is 2.83. The summed E-state index contributed by atoms with van der Waals surface area (Å²) in [4.78, 5) is 0. The van der Waals surface area contributed by atoms with Crippen LogP contribution in [0.2, 0.25) is 24.2 Å². The van der Waals surface area contributed by atoms with Crippen molar-refractivity contribution in [2.75, 3.05) is 0 Å². The second-order valence-electron chi connectivity index (χ2n) is 17.8. The van der Waals surface area contributed by atoms with Gasteiger partial charge in [-0.25, -0.2) is 0 Å². The SMILES string of the molecule is CC1=CC2C(CC(C)C2[Si](C)(C)C2C(C)CC3C(c4cc(C)cc(C)c4)=C(C)C(C(C)(C)C)=CC32)C(c2cc(C)cc(C)c2)=C1. The molecule has 0 radical (unpaired) electrons. The third kappa shape index (κ3) is 5.64. The predicted octanol–water partition coefficient (Wildman–Crippen LogP) is 12.7. The van der Waals surface area contributed by atoms with Crippen LogP contribution in [-0.4, -0.2) is 8.07 Å². The Bertz CT molecular complexity index is 1590. The van der Waals surface area contributed by atoms with Gasteiger partial charge in [-0.15, -0.1) is 0 Å². The molecule has 2 fully saturated rings. The lowest BCUT2D eigenvalue weighted by Gasteiger charge is -2.47. The molecule has 0 heterocycles. The number of hydrogen-bond donors (Lipinski definition) is 0. The standard InChI is InChI=1S/C44H60Si/c1-25-14-26(2)17-33(16-25)35-20-29(5)21-38-36(35)22-30(6)42(38)45(12,13)43-31(7)23-37-39(43)24-40(44(9,10)11)32(8)41(37)34-18-27(3)15-28(4)19-34/h14-21,24,30-31,36-39,42-43H,22-23H2,1-13H3. The van der Waals surface area contributed by atoms with Crippen LogP contribution in [0.25, 0.3) is 11.1 Å². The molecule has 2 aromatic carbocycles. The minimum atomic E-state index is -1.76. The van der Waals surface area contributed by atoms with Gasteiger partial charge in [0.1, 0.15) is 0 Å². The zero-order valence-electron chi connectivity index (χ0n) is 30.7. The molecule has 4 aliphatic rings. The third-order valence-electron chi connectivity index (χ3n) is 12.6. The summed E-state index contributed by atoms with van der Waals surface area (Å²) < 4.78 is 0. The van der Waals surface area contributed by atoms with Crippen LogP contribution in [0.3, 0.4) is 0 Å². The Kier molecular flexibility index (Phi) is 8.24. The average molecular weight is 617 g/mol. The maximum atomic E-state index is 2.83. The van der Waals surface area contributed by atoms with Crippen molar-refractivity contribution in [2.24, 2.45) is 40.9 Å². The van der Waals surface area contributed by atoms with E-state index in [2.05, 4.69) is 144 Å². The second kappa shape index (κ2) is 11.4. The van der Waals surface area contributed by atoms with Crippen molar-refractivity contribution in [3.8, 4) is 0 Å². The molecule has 8 atom stereocenters. The van der Waals surface area contributed by atoms with Crippen LogP contribution in [-0.2, 0) is 0 Å². The largest absolute Gasteiger partial charge is 0.0779 e. The Morgan fingerprint density at radius 1 is 0.622 bits per heavy atom. The molecule has 2 aromatic rings. The highest BCUT2D eigenvalue weighted by Gasteiger charge is 2.58. The zero-order valence-corrected chi connectivity index (χ0v) is 31.7. The van der Waals surface area contributed by atoms with E-state index in [9.17, 15) is 0 Å². The topological polar surface area (TPSA) is 0 Å². The summed E-state index contributed by atoms with van der Waals surface area (Å²) in [6.07, 6.45) is 10.8. The summed E-state index contributed by atoms with van der Waals surface area (Å²) in [7, 11) is -1.76. The summed E-state index contributed by atoms with van der Waals surface area (Å²) in [5, 5.41) is 0. The summed E-state index contributed by atoms with van der Waals surface area (Å²) in [6, 6.07) is 14.5. The fourth-order valence-corrected chi connectivity index (χ4v) is 18.0. The van der Waals surface area contributed by atoms with Crippen molar-refractivity contribution in [3.63, 3.8) is 0 Å². The van der Waals surface area contributed by atoms with E-state index >= 15 is 0 Å². The van der Waals surface area contributed by atoms with Crippen LogP contribution in [0.1, 0.15) is 94.7 Å². The molecular weight excluding hydrogens is 557 g/mol. The molecule has 0 amide bonds. The molecule has 0 aromatic heterocycles. The van der Waals surface area contributed by atoms with E-state index in [0.717, 1.165) is 22.9 Å². The number of hydrogen-bond acceptors (Lipinski definition) is 0. The lowest BCUT2D eigenvalue weighted by molar-refractivity contribution is 0.465. The molecule has 0 spiro atoms. The van der Waals surface area contributed by atoms with Crippen molar-refractivity contribution >= 4 is 19.2 Å². The fraction of sp³-hybridized carbons (Fsp3) is 0.545. The smallest absolute Gasteiger partial charge is 0.0553 e. The van der Waals surface area contributed by atoms with Gasteiger partial charge in [0.15, 0.2) is 0 Å². The van der Waals surface area contributed by atoms with Gasteiger partial charge in [-0.05, 0) is 140 Å². The first-order chi connectivity index (χ1) is 21.0. The molecule has 2 saturated carbocycles. The minimum absolute atomic E-state index is 0.141. The molecule has 8 unspecified atom stereocenters. The summed E-state index contributed by atoms with van der Waals surface area (Å²) in [5.41, 5.74) is 18.2. The van der Waals surface area contributed by atoms with Crippen molar-refractivity contribution in [2.45, 2.75) is 113 Å². The Morgan fingerprint density at radius 2 is 1.09 bits per heavy atom. The monoisotopic (exact) mass is 616 g/mol. The van der Waals surface area contributed by atoms with E-state index in [1.807, 2.05) is 0 Å². The van der Waals surface area contributed by atoms with Gasteiger partial charge in [0.05, 0.1) is 8.07 Å². The van der Waals surface area contributed by atoms with E-state index in [1.165, 1.54) is 51.8 Å². The minimum Gasteiger partial charge on any atom is -0.0779 e. The Labute approximate surface area is 277 Å². The number of aryl methyl sites for hydroxylation is 4. The van der Waals surface area contributed by atoms with Crippen LogP contribution in [0, 0.1) is 68.6 Å². The zero-order chi connectivity index (χ0) is 32.7. The fourth-order valence-electron chi connectivity index (χ4n) is 11.7. The maximum Gasteiger partial charge on any atom is 0.0553 e.